The molecule has 6 nitrogen and oxygen atoms in total. The van der Waals surface area contributed by atoms with Crippen molar-refractivity contribution < 1.29 is 14.6 Å². The van der Waals surface area contributed by atoms with Gasteiger partial charge in [0.2, 0.25) is 0 Å². The summed E-state index contributed by atoms with van der Waals surface area (Å²) >= 11 is 3.38. The van der Waals surface area contributed by atoms with E-state index >= 15 is 0 Å². The summed E-state index contributed by atoms with van der Waals surface area (Å²) in [6, 6.07) is 10.2. The smallest absolute Gasteiger partial charge is 0.341 e. The van der Waals surface area contributed by atoms with Gasteiger partial charge in [0.15, 0.2) is 0 Å². The third-order valence-corrected chi connectivity index (χ3v) is 4.26. The summed E-state index contributed by atoms with van der Waals surface area (Å²) < 4.78 is 7.36. The van der Waals surface area contributed by atoms with E-state index in [1.807, 2.05) is 33.8 Å². The third kappa shape index (κ3) is 5.19. The van der Waals surface area contributed by atoms with Gasteiger partial charge < -0.3 is 14.4 Å². The fourth-order valence-corrected chi connectivity index (χ4v) is 3.02. The molecule has 0 amide bonds. The number of nitrogens with zero attached hydrogens (tertiary/aromatic N) is 2. The fourth-order valence-electron chi connectivity index (χ4n) is 2.50. The number of hydrogen-bond donors (Lipinski definition) is 1. The van der Waals surface area contributed by atoms with Crippen molar-refractivity contribution in [3.8, 4) is 5.75 Å². The predicted octanol–water partition coefficient (Wildman–Crippen LogP) is 4.97. The first-order valence-corrected chi connectivity index (χ1v) is 9.85. The summed E-state index contributed by atoms with van der Waals surface area (Å²) in [6.07, 6.45) is 1.63. The van der Waals surface area contributed by atoms with Gasteiger partial charge in [0, 0.05) is 17.6 Å². The second kappa shape index (κ2) is 11.2. The maximum absolute atomic E-state index is 12.6. The molecule has 0 bridgehead atoms. The summed E-state index contributed by atoms with van der Waals surface area (Å²) in [6.45, 7) is 8.17. The van der Waals surface area contributed by atoms with E-state index in [0.29, 0.717) is 26.8 Å². The largest absolute Gasteiger partial charge is 0.495 e. The Balaban J connectivity index is 0.000000921. The second-order valence-electron chi connectivity index (χ2n) is 5.12. The van der Waals surface area contributed by atoms with E-state index in [9.17, 15) is 14.7 Å². The first-order valence-electron chi connectivity index (χ1n) is 9.05. The van der Waals surface area contributed by atoms with Crippen LogP contribution < -0.4 is 10.3 Å². The molecule has 150 valence electrons. The lowest BCUT2D eigenvalue weighted by Crippen LogP contribution is -2.27. The van der Waals surface area contributed by atoms with Crippen molar-refractivity contribution in [1.29, 1.82) is 0 Å². The van der Waals surface area contributed by atoms with Gasteiger partial charge in [-0.2, -0.15) is 0 Å². The van der Waals surface area contributed by atoms with E-state index in [-0.39, 0.29) is 12.1 Å². The minimum Gasteiger partial charge on any atom is -0.495 e. The van der Waals surface area contributed by atoms with Gasteiger partial charge in [-0.3, -0.25) is 9.78 Å². The highest BCUT2D eigenvalue weighted by Crippen LogP contribution is 2.30. The van der Waals surface area contributed by atoms with Crippen molar-refractivity contribution in [3.63, 3.8) is 0 Å². The van der Waals surface area contributed by atoms with Gasteiger partial charge in [-0.05, 0) is 40.2 Å². The van der Waals surface area contributed by atoms with Crippen LogP contribution in [0.1, 0.15) is 43.7 Å². The Morgan fingerprint density at radius 1 is 1.18 bits per heavy atom. The maximum atomic E-state index is 12.6. The zero-order chi connectivity index (χ0) is 21.3. The number of halogens is 1. The Kier molecular flexibility index (Phi) is 9.38. The minimum atomic E-state index is -1.26. The molecule has 0 spiro atoms. The molecule has 0 aliphatic rings. The Bertz CT molecular complexity index is 985. The van der Waals surface area contributed by atoms with Crippen LogP contribution in [0.2, 0.25) is 0 Å². The molecule has 0 saturated heterocycles. The lowest BCUT2D eigenvalue weighted by Gasteiger charge is -2.13. The van der Waals surface area contributed by atoms with Gasteiger partial charge in [0.25, 0.3) is 5.56 Å². The van der Waals surface area contributed by atoms with Gasteiger partial charge in [-0.1, -0.05) is 33.8 Å². The lowest BCUT2D eigenvalue weighted by molar-refractivity contribution is 0.0694. The van der Waals surface area contributed by atoms with Crippen LogP contribution in [0.25, 0.3) is 10.9 Å². The quantitative estimate of drug-likeness (QED) is 0.609. The number of carbonyl (C=O) groups is 1. The molecule has 0 radical (unpaired) electrons. The van der Waals surface area contributed by atoms with Gasteiger partial charge in [0.05, 0.1) is 29.3 Å². The number of carboxylic acids is 1. The summed E-state index contributed by atoms with van der Waals surface area (Å²) in [7, 11) is 1.53. The number of benzene rings is 1. The highest BCUT2D eigenvalue weighted by Gasteiger charge is 2.17. The van der Waals surface area contributed by atoms with Gasteiger partial charge in [-0.25, -0.2) is 4.79 Å². The molecule has 0 saturated carbocycles. The molecule has 3 rings (SSSR count). The van der Waals surface area contributed by atoms with Crippen molar-refractivity contribution in [2.24, 2.45) is 0 Å². The van der Waals surface area contributed by atoms with Crippen LogP contribution in [-0.2, 0) is 6.54 Å². The highest BCUT2D eigenvalue weighted by molar-refractivity contribution is 9.10. The Labute approximate surface area is 172 Å². The minimum absolute atomic E-state index is 0.169. The highest BCUT2D eigenvalue weighted by atomic mass is 79.9. The van der Waals surface area contributed by atoms with Gasteiger partial charge in [-0.15, -0.1) is 0 Å². The molecule has 7 heteroatoms. The van der Waals surface area contributed by atoms with Crippen LogP contribution in [0, 0.1) is 0 Å². The Hall–Kier alpha value is -2.67. The number of carboxylic acid groups (broad SMARTS) is 1. The number of methoxy groups -OCH3 is 1. The zero-order valence-electron chi connectivity index (χ0n) is 16.7. The SMILES string of the molecule is CC.CC.COc1cc2c(cc1Br)cc(C(=O)O)c(=O)n2Cc1ccccn1. The number of ether oxygens (including phenoxy) is 1. The van der Waals surface area contributed by atoms with E-state index < -0.39 is 11.5 Å². The van der Waals surface area contributed by atoms with E-state index in [1.165, 1.54) is 17.7 Å². The number of fused-ring (bicyclic) bond motifs is 1. The molecule has 0 aliphatic heterocycles. The standard InChI is InChI=1S/C17H13BrN2O4.2C2H6/c1-24-15-8-14-10(7-13(15)18)6-12(17(22)23)16(21)20(14)9-11-4-2-3-5-19-11;2*1-2/h2-8H,9H2,1H3,(H,22,23);2*1-2H3. The first kappa shape index (κ1) is 23.4. The maximum Gasteiger partial charge on any atom is 0.341 e. The van der Waals surface area contributed by atoms with Crippen LogP contribution in [0.15, 0.2) is 51.9 Å². The van der Waals surface area contributed by atoms with Gasteiger partial charge in [0.1, 0.15) is 11.3 Å². The normalized spacial score (nSPS) is 9.64. The molecular weight excluding hydrogens is 424 g/mol. The summed E-state index contributed by atoms with van der Waals surface area (Å²) in [5.41, 5.74) is 0.376. The summed E-state index contributed by atoms with van der Waals surface area (Å²) in [5.74, 6) is -0.705. The number of aromatic carboxylic acids is 1. The van der Waals surface area contributed by atoms with Crippen LogP contribution in [-0.4, -0.2) is 27.7 Å². The third-order valence-electron chi connectivity index (χ3n) is 3.64. The van der Waals surface area contributed by atoms with Crippen LogP contribution in [0.4, 0.5) is 0 Å². The van der Waals surface area contributed by atoms with Gasteiger partial charge >= 0.3 is 5.97 Å². The van der Waals surface area contributed by atoms with E-state index in [2.05, 4.69) is 20.9 Å². The first-order chi connectivity index (χ1) is 13.5. The van der Waals surface area contributed by atoms with Crippen molar-refractivity contribution in [1.82, 2.24) is 9.55 Å². The average Bonchev–Trinajstić information content (AvgIpc) is 2.73. The zero-order valence-corrected chi connectivity index (χ0v) is 18.3. The van der Waals surface area contributed by atoms with Crippen LogP contribution in [0.5, 0.6) is 5.75 Å². The van der Waals surface area contributed by atoms with Crippen LogP contribution >= 0.6 is 15.9 Å². The Morgan fingerprint density at radius 3 is 2.39 bits per heavy atom. The molecule has 1 N–H and O–H groups in total. The predicted molar refractivity (Wildman–Crippen MR) is 115 cm³/mol. The fraction of sp³-hybridized carbons (Fsp3) is 0.286. The monoisotopic (exact) mass is 448 g/mol. The lowest BCUT2D eigenvalue weighted by atomic mass is 10.1. The molecule has 0 unspecified atom stereocenters. The summed E-state index contributed by atoms with van der Waals surface area (Å²) in [5, 5.41) is 9.94. The van der Waals surface area contributed by atoms with Crippen molar-refractivity contribution in [3.05, 3.63) is 68.7 Å². The molecule has 2 heterocycles. The number of rotatable bonds is 4. The molecule has 2 aromatic heterocycles. The molecule has 0 aliphatic carbocycles. The molecule has 0 fully saturated rings. The van der Waals surface area contributed by atoms with Crippen molar-refractivity contribution in [2.75, 3.05) is 7.11 Å². The number of pyridine rings is 2. The molecule has 0 atom stereocenters. The number of aromatic nitrogens is 2. The van der Waals surface area contributed by atoms with E-state index in [1.54, 1.807) is 30.5 Å². The molecule has 3 aromatic rings. The topological polar surface area (TPSA) is 81.4 Å². The van der Waals surface area contributed by atoms with Crippen LogP contribution in [0.3, 0.4) is 0 Å². The van der Waals surface area contributed by atoms with E-state index in [4.69, 9.17) is 4.74 Å². The number of hydrogen-bond acceptors (Lipinski definition) is 4. The Morgan fingerprint density at radius 2 is 1.86 bits per heavy atom. The second-order valence-corrected chi connectivity index (χ2v) is 5.98. The molecule has 1 aromatic carbocycles. The van der Waals surface area contributed by atoms with Crippen molar-refractivity contribution in [2.45, 2.75) is 34.2 Å². The van der Waals surface area contributed by atoms with Crippen molar-refractivity contribution >= 4 is 32.8 Å². The molecular formula is C21H25BrN2O4. The average molecular weight is 449 g/mol. The van der Waals surface area contributed by atoms with E-state index in [0.717, 1.165) is 0 Å². The molecule has 28 heavy (non-hydrogen) atoms. The summed E-state index contributed by atoms with van der Waals surface area (Å²) in [4.78, 5) is 28.2.